The van der Waals surface area contributed by atoms with E-state index in [1.165, 1.54) is 16.7 Å². The third-order valence-electron chi connectivity index (χ3n) is 4.48. The highest BCUT2D eigenvalue weighted by Crippen LogP contribution is 2.19. The molecule has 0 heterocycles. The second kappa shape index (κ2) is 8.50. The molecule has 0 aliphatic heterocycles. The lowest BCUT2D eigenvalue weighted by molar-refractivity contribution is 0.260. The lowest BCUT2D eigenvalue weighted by atomic mass is 10.1. The Morgan fingerprint density at radius 3 is 1.96 bits per heavy atom. The van der Waals surface area contributed by atoms with Gasteiger partial charge in [-0.25, -0.2) is 0 Å². The van der Waals surface area contributed by atoms with Crippen molar-refractivity contribution in [1.82, 2.24) is 4.90 Å². The number of hydrogen-bond acceptors (Lipinski definition) is 2. The van der Waals surface area contributed by atoms with Crippen LogP contribution in [0.3, 0.4) is 0 Å². The van der Waals surface area contributed by atoms with Crippen LogP contribution in [0.25, 0.3) is 0 Å². The summed E-state index contributed by atoms with van der Waals surface area (Å²) in [5.74, 6) is 0.364. The quantitative estimate of drug-likeness (QED) is 0.662. The molecule has 2 nitrogen and oxygen atoms in total. The van der Waals surface area contributed by atoms with Crippen LogP contribution in [0.5, 0.6) is 5.75 Å². The van der Waals surface area contributed by atoms with E-state index in [-0.39, 0.29) is 0 Å². The van der Waals surface area contributed by atoms with Crippen molar-refractivity contribution in [2.45, 2.75) is 26.4 Å². The Bertz CT molecular complexity index is 784. The minimum Gasteiger partial charge on any atom is -0.508 e. The molecule has 0 aliphatic rings. The van der Waals surface area contributed by atoms with Crippen molar-refractivity contribution >= 4 is 0 Å². The molecule has 3 aromatic rings. The summed E-state index contributed by atoms with van der Waals surface area (Å²) in [6, 6.07) is 27.1. The van der Waals surface area contributed by atoms with E-state index in [1.807, 2.05) is 13.0 Å². The average molecular weight is 331 g/mol. The van der Waals surface area contributed by atoms with E-state index in [1.54, 1.807) is 6.07 Å². The summed E-state index contributed by atoms with van der Waals surface area (Å²) in [6.45, 7) is 4.75. The van der Waals surface area contributed by atoms with Crippen molar-refractivity contribution in [2.75, 3.05) is 6.54 Å². The summed E-state index contributed by atoms with van der Waals surface area (Å²) in [5.41, 5.74) is 4.85. The molecule has 0 amide bonds. The molecule has 3 aromatic carbocycles. The van der Waals surface area contributed by atoms with Crippen LogP contribution in [0, 0.1) is 6.92 Å². The normalized spacial score (nSPS) is 11.0. The predicted octanol–water partition coefficient (Wildman–Crippen LogP) is 4.95. The highest BCUT2D eigenvalue weighted by molar-refractivity contribution is 5.35. The molecule has 0 saturated heterocycles. The monoisotopic (exact) mass is 331 g/mol. The van der Waals surface area contributed by atoms with Gasteiger partial charge in [-0.15, -0.1) is 0 Å². The molecule has 0 aromatic heterocycles. The molecule has 0 saturated carbocycles. The van der Waals surface area contributed by atoms with Gasteiger partial charge in [0.2, 0.25) is 0 Å². The predicted molar refractivity (Wildman–Crippen MR) is 104 cm³/mol. The number of nitrogens with zero attached hydrogens (tertiary/aromatic N) is 1. The number of rotatable bonds is 7. The Morgan fingerprint density at radius 1 is 0.720 bits per heavy atom. The zero-order valence-electron chi connectivity index (χ0n) is 14.7. The molecule has 0 fully saturated rings. The van der Waals surface area contributed by atoms with Gasteiger partial charge < -0.3 is 5.11 Å². The van der Waals surface area contributed by atoms with Crippen molar-refractivity contribution in [2.24, 2.45) is 0 Å². The van der Waals surface area contributed by atoms with E-state index in [0.29, 0.717) is 5.75 Å². The van der Waals surface area contributed by atoms with Crippen LogP contribution < -0.4 is 0 Å². The maximum absolute atomic E-state index is 9.75. The van der Waals surface area contributed by atoms with E-state index in [2.05, 4.69) is 71.6 Å². The van der Waals surface area contributed by atoms with Crippen molar-refractivity contribution in [1.29, 1.82) is 0 Å². The van der Waals surface area contributed by atoms with Crippen LogP contribution in [0.15, 0.2) is 78.9 Å². The Hall–Kier alpha value is -2.58. The second-order valence-electron chi connectivity index (χ2n) is 6.55. The number of phenolic OH excluding ortho intramolecular Hbond substituents is 1. The lowest BCUT2D eigenvalue weighted by Gasteiger charge is -2.23. The van der Waals surface area contributed by atoms with Crippen LogP contribution in [0.4, 0.5) is 0 Å². The van der Waals surface area contributed by atoms with Gasteiger partial charge in [-0.05, 0) is 41.7 Å². The standard InChI is InChI=1S/C23H25NO/c1-19-16-22(12-13-23(19)25)18-24(17-21-10-6-3-7-11-21)15-14-20-8-4-2-5-9-20/h2-13,16,25H,14-15,17-18H2,1H3. The molecular formula is C23H25NO. The zero-order valence-corrected chi connectivity index (χ0v) is 14.7. The molecule has 0 spiro atoms. The minimum atomic E-state index is 0.364. The molecular weight excluding hydrogens is 306 g/mol. The van der Waals surface area contributed by atoms with Gasteiger partial charge in [-0.1, -0.05) is 72.8 Å². The molecule has 0 radical (unpaired) electrons. The maximum Gasteiger partial charge on any atom is 0.118 e. The van der Waals surface area contributed by atoms with Crippen molar-refractivity contribution < 1.29 is 5.11 Å². The smallest absolute Gasteiger partial charge is 0.118 e. The molecule has 25 heavy (non-hydrogen) atoms. The summed E-state index contributed by atoms with van der Waals surface area (Å²) >= 11 is 0. The second-order valence-corrected chi connectivity index (χ2v) is 6.55. The van der Waals surface area contributed by atoms with E-state index in [0.717, 1.165) is 31.6 Å². The van der Waals surface area contributed by atoms with Crippen LogP contribution in [-0.4, -0.2) is 16.6 Å². The molecule has 128 valence electrons. The number of aromatic hydroxyl groups is 1. The fourth-order valence-corrected chi connectivity index (χ4v) is 3.06. The van der Waals surface area contributed by atoms with Gasteiger partial charge >= 0.3 is 0 Å². The van der Waals surface area contributed by atoms with Crippen LogP contribution in [0.1, 0.15) is 22.3 Å². The molecule has 0 aliphatic carbocycles. The van der Waals surface area contributed by atoms with Crippen LogP contribution >= 0.6 is 0 Å². The van der Waals surface area contributed by atoms with E-state index < -0.39 is 0 Å². The van der Waals surface area contributed by atoms with Gasteiger partial charge in [0.15, 0.2) is 0 Å². The summed E-state index contributed by atoms with van der Waals surface area (Å²) in [4.78, 5) is 2.47. The maximum atomic E-state index is 9.75. The van der Waals surface area contributed by atoms with Crippen molar-refractivity contribution in [3.63, 3.8) is 0 Å². The molecule has 2 heteroatoms. The minimum absolute atomic E-state index is 0.364. The Kier molecular flexibility index (Phi) is 5.86. The number of benzene rings is 3. The van der Waals surface area contributed by atoms with Gasteiger partial charge in [-0.2, -0.15) is 0 Å². The average Bonchev–Trinajstić information content (AvgIpc) is 2.64. The summed E-state index contributed by atoms with van der Waals surface area (Å²) in [5, 5.41) is 9.75. The van der Waals surface area contributed by atoms with Crippen LogP contribution in [-0.2, 0) is 19.5 Å². The Balaban J connectivity index is 1.72. The van der Waals surface area contributed by atoms with Crippen LogP contribution in [0.2, 0.25) is 0 Å². The fourth-order valence-electron chi connectivity index (χ4n) is 3.06. The van der Waals surface area contributed by atoms with E-state index in [4.69, 9.17) is 0 Å². The summed E-state index contributed by atoms with van der Waals surface area (Å²) in [7, 11) is 0. The summed E-state index contributed by atoms with van der Waals surface area (Å²) in [6.07, 6.45) is 1.03. The Morgan fingerprint density at radius 2 is 1.32 bits per heavy atom. The first kappa shape index (κ1) is 17.2. The van der Waals surface area contributed by atoms with Gasteiger partial charge in [0, 0.05) is 19.6 Å². The molecule has 0 unspecified atom stereocenters. The Labute approximate surface area is 150 Å². The van der Waals surface area contributed by atoms with Crippen molar-refractivity contribution in [3.05, 3.63) is 101 Å². The first-order chi connectivity index (χ1) is 12.2. The van der Waals surface area contributed by atoms with Gasteiger partial charge in [0.25, 0.3) is 0 Å². The molecule has 0 atom stereocenters. The third kappa shape index (κ3) is 5.20. The highest BCUT2D eigenvalue weighted by Gasteiger charge is 2.09. The van der Waals surface area contributed by atoms with Gasteiger partial charge in [0.05, 0.1) is 0 Å². The number of phenols is 1. The molecule has 0 bridgehead atoms. The van der Waals surface area contributed by atoms with E-state index >= 15 is 0 Å². The first-order valence-corrected chi connectivity index (χ1v) is 8.79. The largest absolute Gasteiger partial charge is 0.508 e. The molecule has 3 rings (SSSR count). The third-order valence-corrected chi connectivity index (χ3v) is 4.48. The lowest BCUT2D eigenvalue weighted by Crippen LogP contribution is -2.25. The van der Waals surface area contributed by atoms with Gasteiger partial charge in [0.1, 0.15) is 5.75 Å². The first-order valence-electron chi connectivity index (χ1n) is 8.79. The van der Waals surface area contributed by atoms with E-state index in [9.17, 15) is 5.11 Å². The number of aryl methyl sites for hydroxylation is 1. The van der Waals surface area contributed by atoms with Crippen molar-refractivity contribution in [3.8, 4) is 5.75 Å². The molecule has 1 N–H and O–H groups in total. The highest BCUT2D eigenvalue weighted by atomic mass is 16.3. The zero-order chi connectivity index (χ0) is 17.5. The topological polar surface area (TPSA) is 23.5 Å². The summed E-state index contributed by atoms with van der Waals surface area (Å²) < 4.78 is 0. The number of hydrogen-bond donors (Lipinski definition) is 1. The van der Waals surface area contributed by atoms with Gasteiger partial charge in [-0.3, -0.25) is 4.90 Å². The fraction of sp³-hybridized carbons (Fsp3) is 0.217. The SMILES string of the molecule is Cc1cc(CN(CCc2ccccc2)Cc2ccccc2)ccc1O.